The highest BCUT2D eigenvalue weighted by atomic mass is 15.3. The number of aromatic nitrogens is 3. The number of hydrogen-bond donors (Lipinski definition) is 1. The normalized spacial score (nSPS) is 23.5. The molecule has 0 spiro atoms. The summed E-state index contributed by atoms with van der Waals surface area (Å²) in [7, 11) is 0. The van der Waals surface area contributed by atoms with E-state index < -0.39 is 0 Å². The number of rotatable bonds is 3. The zero-order valence-electron chi connectivity index (χ0n) is 10.1. The van der Waals surface area contributed by atoms with Crippen LogP contribution in [0.25, 0.3) is 6.08 Å². The molecule has 88 valence electrons. The van der Waals surface area contributed by atoms with E-state index in [4.69, 9.17) is 5.73 Å². The van der Waals surface area contributed by atoms with E-state index in [-0.39, 0.29) is 0 Å². The van der Waals surface area contributed by atoms with Crippen molar-refractivity contribution in [2.45, 2.75) is 45.7 Å². The third-order valence-corrected chi connectivity index (χ3v) is 2.88. The van der Waals surface area contributed by atoms with Gasteiger partial charge in [0.15, 0.2) is 5.82 Å². The SMILES string of the molecule is CC(C)Cn1ncnc1C=C1CCC(N)C1. The zero-order chi connectivity index (χ0) is 11.5. The second-order valence-electron chi connectivity index (χ2n) is 5.00. The van der Waals surface area contributed by atoms with E-state index in [1.165, 1.54) is 5.57 Å². The molecule has 4 nitrogen and oxygen atoms in total. The highest BCUT2D eigenvalue weighted by Gasteiger charge is 2.16. The predicted molar refractivity (Wildman–Crippen MR) is 64.7 cm³/mol. The van der Waals surface area contributed by atoms with Crippen LogP contribution in [0.1, 0.15) is 38.9 Å². The van der Waals surface area contributed by atoms with Gasteiger partial charge in [0.2, 0.25) is 0 Å². The Hall–Kier alpha value is -1.16. The summed E-state index contributed by atoms with van der Waals surface area (Å²) in [5, 5.41) is 4.25. The summed E-state index contributed by atoms with van der Waals surface area (Å²) < 4.78 is 1.97. The summed E-state index contributed by atoms with van der Waals surface area (Å²) in [4.78, 5) is 4.29. The van der Waals surface area contributed by atoms with E-state index in [2.05, 4.69) is 30.0 Å². The lowest BCUT2D eigenvalue weighted by molar-refractivity contribution is 0.479. The molecule has 0 saturated heterocycles. The van der Waals surface area contributed by atoms with Crippen molar-refractivity contribution in [3.63, 3.8) is 0 Å². The molecule has 4 heteroatoms. The Morgan fingerprint density at radius 1 is 1.62 bits per heavy atom. The number of hydrogen-bond acceptors (Lipinski definition) is 3. The van der Waals surface area contributed by atoms with E-state index >= 15 is 0 Å². The van der Waals surface area contributed by atoms with Gasteiger partial charge in [0.05, 0.1) is 0 Å². The van der Waals surface area contributed by atoms with Crippen molar-refractivity contribution in [1.29, 1.82) is 0 Å². The molecule has 1 aliphatic rings. The van der Waals surface area contributed by atoms with Gasteiger partial charge in [-0.25, -0.2) is 9.67 Å². The Morgan fingerprint density at radius 2 is 2.44 bits per heavy atom. The van der Waals surface area contributed by atoms with E-state index in [9.17, 15) is 0 Å². The summed E-state index contributed by atoms with van der Waals surface area (Å²) in [6.45, 7) is 5.29. The van der Waals surface area contributed by atoms with Crippen LogP contribution in [0.3, 0.4) is 0 Å². The molecule has 1 unspecified atom stereocenters. The Bertz CT molecular complexity index is 378. The van der Waals surface area contributed by atoms with Gasteiger partial charge < -0.3 is 5.73 Å². The van der Waals surface area contributed by atoms with Gasteiger partial charge in [-0.15, -0.1) is 0 Å². The van der Waals surface area contributed by atoms with Crippen molar-refractivity contribution in [1.82, 2.24) is 14.8 Å². The fourth-order valence-electron chi connectivity index (χ4n) is 2.10. The van der Waals surface area contributed by atoms with E-state index in [0.29, 0.717) is 12.0 Å². The third kappa shape index (κ3) is 2.70. The smallest absolute Gasteiger partial charge is 0.150 e. The van der Waals surface area contributed by atoms with Crippen LogP contribution < -0.4 is 5.73 Å². The average Bonchev–Trinajstić information content (AvgIpc) is 2.77. The minimum absolute atomic E-state index is 0.340. The Kier molecular flexibility index (Phi) is 3.39. The van der Waals surface area contributed by atoms with Gasteiger partial charge in [0, 0.05) is 12.6 Å². The van der Waals surface area contributed by atoms with Gasteiger partial charge in [-0.05, 0) is 31.3 Å². The van der Waals surface area contributed by atoms with Crippen molar-refractivity contribution < 1.29 is 0 Å². The van der Waals surface area contributed by atoms with E-state index in [1.807, 2.05) is 4.68 Å². The highest BCUT2D eigenvalue weighted by Crippen LogP contribution is 2.24. The van der Waals surface area contributed by atoms with Gasteiger partial charge in [0.25, 0.3) is 0 Å². The van der Waals surface area contributed by atoms with Gasteiger partial charge in [-0.1, -0.05) is 19.4 Å². The molecule has 1 heterocycles. The number of nitrogens with two attached hydrogens (primary N) is 1. The second kappa shape index (κ2) is 4.78. The Morgan fingerprint density at radius 3 is 3.06 bits per heavy atom. The van der Waals surface area contributed by atoms with Crippen LogP contribution in [-0.4, -0.2) is 20.8 Å². The van der Waals surface area contributed by atoms with Crippen LogP contribution >= 0.6 is 0 Å². The molecule has 0 radical (unpaired) electrons. The Balaban J connectivity index is 2.12. The fraction of sp³-hybridized carbons (Fsp3) is 0.667. The lowest BCUT2D eigenvalue weighted by Crippen LogP contribution is -2.13. The molecule has 0 bridgehead atoms. The summed E-state index contributed by atoms with van der Waals surface area (Å²) in [6, 6.07) is 0.340. The number of nitrogens with zero attached hydrogens (tertiary/aromatic N) is 3. The zero-order valence-corrected chi connectivity index (χ0v) is 10.1. The summed E-state index contributed by atoms with van der Waals surface area (Å²) in [6.07, 6.45) is 7.00. The summed E-state index contributed by atoms with van der Waals surface area (Å²) in [5.74, 6) is 1.56. The summed E-state index contributed by atoms with van der Waals surface area (Å²) in [5.41, 5.74) is 7.30. The lowest BCUT2D eigenvalue weighted by Gasteiger charge is -2.06. The van der Waals surface area contributed by atoms with E-state index in [0.717, 1.165) is 31.6 Å². The van der Waals surface area contributed by atoms with E-state index in [1.54, 1.807) is 6.33 Å². The monoisotopic (exact) mass is 220 g/mol. The molecular formula is C12H20N4. The van der Waals surface area contributed by atoms with Crippen molar-refractivity contribution >= 4 is 6.08 Å². The van der Waals surface area contributed by atoms with Gasteiger partial charge in [-0.3, -0.25) is 0 Å². The van der Waals surface area contributed by atoms with Gasteiger partial charge in [0.1, 0.15) is 6.33 Å². The highest BCUT2D eigenvalue weighted by molar-refractivity contribution is 5.46. The molecule has 0 amide bonds. The topological polar surface area (TPSA) is 56.7 Å². The maximum absolute atomic E-state index is 5.89. The van der Waals surface area contributed by atoms with Crippen molar-refractivity contribution in [3.8, 4) is 0 Å². The molecule has 1 atom stereocenters. The molecule has 1 aromatic heterocycles. The molecule has 1 aliphatic carbocycles. The van der Waals surface area contributed by atoms with Crippen molar-refractivity contribution in [2.24, 2.45) is 11.7 Å². The van der Waals surface area contributed by atoms with Gasteiger partial charge in [-0.2, -0.15) is 5.10 Å². The second-order valence-corrected chi connectivity index (χ2v) is 5.00. The van der Waals surface area contributed by atoms with Crippen LogP contribution in [0.2, 0.25) is 0 Å². The van der Waals surface area contributed by atoms with Crippen LogP contribution in [0.15, 0.2) is 11.9 Å². The standard InChI is InChI=1S/C12H20N4/c1-9(2)7-16-12(14-8-15-16)6-10-3-4-11(13)5-10/h6,8-9,11H,3-5,7,13H2,1-2H3. The minimum Gasteiger partial charge on any atom is -0.327 e. The largest absolute Gasteiger partial charge is 0.327 e. The van der Waals surface area contributed by atoms with Crippen molar-refractivity contribution in [3.05, 3.63) is 17.7 Å². The van der Waals surface area contributed by atoms with Crippen molar-refractivity contribution in [2.75, 3.05) is 0 Å². The first-order valence-electron chi connectivity index (χ1n) is 5.98. The predicted octanol–water partition coefficient (Wildman–Crippen LogP) is 1.83. The van der Waals surface area contributed by atoms with Crippen LogP contribution in [0, 0.1) is 5.92 Å². The lowest BCUT2D eigenvalue weighted by atomic mass is 10.2. The molecule has 0 aromatic carbocycles. The van der Waals surface area contributed by atoms with Crippen LogP contribution in [-0.2, 0) is 6.54 Å². The van der Waals surface area contributed by atoms with Gasteiger partial charge >= 0.3 is 0 Å². The molecule has 1 saturated carbocycles. The first-order valence-corrected chi connectivity index (χ1v) is 5.98. The molecule has 0 aliphatic heterocycles. The molecular weight excluding hydrogens is 200 g/mol. The maximum Gasteiger partial charge on any atom is 0.150 e. The quantitative estimate of drug-likeness (QED) is 0.845. The molecule has 2 rings (SSSR count). The first-order chi connectivity index (χ1) is 7.65. The fourth-order valence-corrected chi connectivity index (χ4v) is 2.10. The summed E-state index contributed by atoms with van der Waals surface area (Å²) >= 11 is 0. The molecule has 16 heavy (non-hydrogen) atoms. The van der Waals surface area contributed by atoms with Crippen LogP contribution in [0.4, 0.5) is 0 Å². The molecule has 1 fully saturated rings. The minimum atomic E-state index is 0.340. The first kappa shape index (κ1) is 11.3. The average molecular weight is 220 g/mol. The third-order valence-electron chi connectivity index (χ3n) is 2.88. The molecule has 2 N–H and O–H groups in total. The van der Waals surface area contributed by atoms with Crippen LogP contribution in [0.5, 0.6) is 0 Å². The maximum atomic E-state index is 5.89. The Labute approximate surface area is 96.6 Å². The molecule has 1 aromatic rings.